The van der Waals surface area contributed by atoms with E-state index in [2.05, 4.69) is 0 Å². The van der Waals surface area contributed by atoms with Gasteiger partial charge in [0.2, 0.25) is 5.91 Å². The molecule has 5 nitrogen and oxygen atoms in total. The van der Waals surface area contributed by atoms with Crippen molar-refractivity contribution >= 4 is 27.3 Å². The van der Waals surface area contributed by atoms with Crippen LogP contribution in [-0.2, 0) is 34.1 Å². The molecule has 0 aliphatic carbocycles. The van der Waals surface area contributed by atoms with Gasteiger partial charge in [0, 0.05) is 13.1 Å². The Morgan fingerprint density at radius 1 is 0.885 bits per heavy atom. The van der Waals surface area contributed by atoms with Gasteiger partial charge in [-0.15, -0.1) is 0 Å². The number of anilines is 2. The number of carbonyl (C=O) groups excluding carboxylic acids is 1. The lowest BCUT2D eigenvalue weighted by atomic mass is 10.0. The number of fused-ring (bicyclic) bond motifs is 1. The molecule has 0 saturated carbocycles. The zero-order valence-electron chi connectivity index (χ0n) is 14.4. The molecule has 5 rings (SSSR count). The fraction of sp³-hybridized carbons (Fsp3) is 0.350. The fourth-order valence-electron chi connectivity index (χ4n) is 4.47. The Labute approximate surface area is 153 Å². The van der Waals surface area contributed by atoms with E-state index in [1.54, 1.807) is 12.1 Å². The first-order valence-electron chi connectivity index (χ1n) is 9.12. The second kappa shape index (κ2) is 5.58. The first-order chi connectivity index (χ1) is 12.6. The smallest absolute Gasteiger partial charge is 0.264 e. The highest BCUT2D eigenvalue weighted by atomic mass is 32.2. The maximum atomic E-state index is 13.4. The molecular formula is C20H20N2O3S. The molecule has 134 valence electrons. The maximum Gasteiger partial charge on any atom is 0.264 e. The molecule has 0 radical (unpaired) electrons. The minimum absolute atomic E-state index is 0.0822. The van der Waals surface area contributed by atoms with Gasteiger partial charge < -0.3 is 4.90 Å². The molecule has 3 heterocycles. The van der Waals surface area contributed by atoms with E-state index >= 15 is 0 Å². The number of amides is 1. The Morgan fingerprint density at radius 2 is 1.62 bits per heavy atom. The van der Waals surface area contributed by atoms with Crippen molar-refractivity contribution in [3.63, 3.8) is 0 Å². The highest BCUT2D eigenvalue weighted by molar-refractivity contribution is 7.92. The molecule has 2 aromatic carbocycles. The lowest BCUT2D eigenvalue weighted by Crippen LogP contribution is -2.35. The lowest BCUT2D eigenvalue weighted by Gasteiger charge is -2.31. The molecule has 2 aromatic rings. The number of hydrogen-bond acceptors (Lipinski definition) is 3. The summed E-state index contributed by atoms with van der Waals surface area (Å²) in [7, 11) is -3.64. The van der Waals surface area contributed by atoms with E-state index in [0.717, 1.165) is 60.3 Å². The summed E-state index contributed by atoms with van der Waals surface area (Å²) < 4.78 is 28.4. The molecule has 0 fully saturated rings. The summed E-state index contributed by atoms with van der Waals surface area (Å²) >= 11 is 0. The molecule has 0 atom stereocenters. The molecule has 0 N–H and O–H groups in total. The van der Waals surface area contributed by atoms with Crippen LogP contribution in [0.3, 0.4) is 0 Å². The molecular weight excluding hydrogens is 348 g/mol. The standard InChI is InChI=1S/C20H20N2O3S/c23-19-13-16-12-17(11-15-7-3-9-21(19)20(15)16)26(24,25)22-10-4-6-14-5-1-2-8-18(14)22/h1-2,5,8,11-12H,3-4,6-7,9-10,13H2. The van der Waals surface area contributed by atoms with Crippen LogP contribution >= 0.6 is 0 Å². The topological polar surface area (TPSA) is 57.7 Å². The van der Waals surface area contributed by atoms with Crippen LogP contribution in [0.25, 0.3) is 0 Å². The summed E-state index contributed by atoms with van der Waals surface area (Å²) in [5.74, 6) is 0.0822. The van der Waals surface area contributed by atoms with Gasteiger partial charge in [-0.05, 0) is 60.6 Å². The van der Waals surface area contributed by atoms with Crippen molar-refractivity contribution in [1.82, 2.24) is 0 Å². The number of hydrogen-bond donors (Lipinski definition) is 0. The predicted molar refractivity (Wildman–Crippen MR) is 100 cm³/mol. The number of nitrogens with zero attached hydrogens (tertiary/aromatic N) is 2. The number of carbonyl (C=O) groups is 1. The van der Waals surface area contributed by atoms with E-state index in [4.69, 9.17) is 0 Å². The van der Waals surface area contributed by atoms with Crippen molar-refractivity contribution in [3.8, 4) is 0 Å². The molecule has 3 aliphatic heterocycles. The number of rotatable bonds is 2. The Hall–Kier alpha value is -2.34. The van der Waals surface area contributed by atoms with Crippen LogP contribution in [-0.4, -0.2) is 27.4 Å². The third-order valence-electron chi connectivity index (χ3n) is 5.64. The summed E-state index contributed by atoms with van der Waals surface area (Å²) in [5, 5.41) is 0. The van der Waals surface area contributed by atoms with Crippen molar-refractivity contribution < 1.29 is 13.2 Å². The van der Waals surface area contributed by atoms with Gasteiger partial charge in [-0.2, -0.15) is 0 Å². The van der Waals surface area contributed by atoms with Gasteiger partial charge in [0.25, 0.3) is 10.0 Å². The van der Waals surface area contributed by atoms with Crippen LogP contribution in [0, 0.1) is 0 Å². The molecule has 0 unspecified atom stereocenters. The third-order valence-corrected chi connectivity index (χ3v) is 7.43. The van der Waals surface area contributed by atoms with Gasteiger partial charge in [-0.1, -0.05) is 18.2 Å². The van der Waals surface area contributed by atoms with E-state index in [1.807, 2.05) is 29.2 Å². The summed E-state index contributed by atoms with van der Waals surface area (Å²) in [6.07, 6.45) is 3.74. The van der Waals surface area contributed by atoms with Crippen LogP contribution < -0.4 is 9.21 Å². The van der Waals surface area contributed by atoms with Crippen LogP contribution in [0.15, 0.2) is 41.3 Å². The molecule has 26 heavy (non-hydrogen) atoms. The SMILES string of the molecule is O=C1Cc2cc(S(=O)(=O)N3CCCc4ccccc43)cc3c2N1CCC3. The average molecular weight is 368 g/mol. The Balaban J connectivity index is 1.63. The van der Waals surface area contributed by atoms with Gasteiger partial charge in [-0.3, -0.25) is 9.10 Å². The molecule has 6 heteroatoms. The van der Waals surface area contributed by atoms with E-state index in [1.165, 1.54) is 4.31 Å². The van der Waals surface area contributed by atoms with Gasteiger partial charge in [-0.25, -0.2) is 8.42 Å². The number of sulfonamides is 1. The predicted octanol–water partition coefficient (Wildman–Crippen LogP) is 2.66. The summed E-state index contributed by atoms with van der Waals surface area (Å²) in [6, 6.07) is 11.2. The largest absolute Gasteiger partial charge is 0.312 e. The quantitative estimate of drug-likeness (QED) is 0.819. The van der Waals surface area contributed by atoms with Crippen molar-refractivity contribution in [3.05, 3.63) is 53.1 Å². The highest BCUT2D eigenvalue weighted by Crippen LogP contribution is 2.40. The fourth-order valence-corrected chi connectivity index (χ4v) is 6.12. The maximum absolute atomic E-state index is 13.4. The summed E-state index contributed by atoms with van der Waals surface area (Å²) in [4.78, 5) is 14.4. The second-order valence-corrected chi connectivity index (χ2v) is 9.09. The number of benzene rings is 2. The molecule has 0 saturated heterocycles. The van der Waals surface area contributed by atoms with Gasteiger partial charge in [0.15, 0.2) is 0 Å². The highest BCUT2D eigenvalue weighted by Gasteiger charge is 2.36. The van der Waals surface area contributed by atoms with Crippen molar-refractivity contribution in [2.24, 2.45) is 0 Å². The van der Waals surface area contributed by atoms with Gasteiger partial charge in [0.1, 0.15) is 0 Å². The summed E-state index contributed by atoms with van der Waals surface area (Å²) in [6.45, 7) is 1.24. The van der Waals surface area contributed by atoms with Gasteiger partial charge >= 0.3 is 0 Å². The summed E-state index contributed by atoms with van der Waals surface area (Å²) in [5.41, 5.74) is 4.66. The zero-order valence-corrected chi connectivity index (χ0v) is 15.3. The first kappa shape index (κ1) is 15.9. The van der Waals surface area contributed by atoms with E-state index in [-0.39, 0.29) is 5.91 Å². The third kappa shape index (κ3) is 2.21. The van der Waals surface area contributed by atoms with Crippen LogP contribution in [0.2, 0.25) is 0 Å². The first-order valence-corrected chi connectivity index (χ1v) is 10.6. The minimum atomic E-state index is -3.64. The van der Waals surface area contributed by atoms with Crippen LogP contribution in [0.1, 0.15) is 29.5 Å². The van der Waals surface area contributed by atoms with Crippen molar-refractivity contribution in [2.45, 2.75) is 37.0 Å². The Bertz CT molecular complexity index is 1030. The van der Waals surface area contributed by atoms with E-state index < -0.39 is 10.0 Å². The van der Waals surface area contributed by atoms with Crippen molar-refractivity contribution in [2.75, 3.05) is 22.3 Å². The Kier molecular flexibility index (Phi) is 3.41. The molecule has 0 aromatic heterocycles. The monoisotopic (exact) mass is 368 g/mol. The number of para-hydroxylation sites is 1. The molecule has 0 bridgehead atoms. The Morgan fingerprint density at radius 3 is 2.50 bits per heavy atom. The molecule has 3 aliphatic rings. The zero-order chi connectivity index (χ0) is 17.9. The molecule has 1 amide bonds. The van der Waals surface area contributed by atoms with Gasteiger partial charge in [0.05, 0.1) is 22.7 Å². The van der Waals surface area contributed by atoms with Crippen LogP contribution in [0.4, 0.5) is 11.4 Å². The van der Waals surface area contributed by atoms with E-state index in [9.17, 15) is 13.2 Å². The molecule has 0 spiro atoms. The van der Waals surface area contributed by atoms with E-state index in [0.29, 0.717) is 17.9 Å². The minimum Gasteiger partial charge on any atom is -0.312 e. The van der Waals surface area contributed by atoms with Crippen LogP contribution in [0.5, 0.6) is 0 Å². The lowest BCUT2D eigenvalue weighted by molar-refractivity contribution is -0.117. The number of aryl methyl sites for hydroxylation is 2. The second-order valence-electron chi connectivity index (χ2n) is 7.23. The average Bonchev–Trinajstić information content (AvgIpc) is 2.98. The normalized spacial score (nSPS) is 18.7. The van der Waals surface area contributed by atoms with Crippen molar-refractivity contribution in [1.29, 1.82) is 0 Å².